The van der Waals surface area contributed by atoms with E-state index in [1.165, 1.54) is 14.2 Å². The summed E-state index contributed by atoms with van der Waals surface area (Å²) in [4.78, 5) is 18.4. The van der Waals surface area contributed by atoms with Crippen molar-refractivity contribution in [3.05, 3.63) is 0 Å². The van der Waals surface area contributed by atoms with Crippen molar-refractivity contribution in [2.75, 3.05) is 34.0 Å². The molecule has 0 aromatic heterocycles. The zero-order valence-corrected chi connectivity index (χ0v) is 11.2. The number of likely N-dealkylation sites (N-methyl/N-ethyl adjacent to an activating group) is 2. The van der Waals surface area contributed by atoms with E-state index in [0.717, 1.165) is 11.3 Å². The first-order chi connectivity index (χ1) is 7.74. The molecular formula is C9H18N2O5S. The second-order valence-electron chi connectivity index (χ2n) is 4.13. The molecule has 2 atom stereocenters. The highest BCUT2D eigenvalue weighted by Gasteiger charge is 2.38. The van der Waals surface area contributed by atoms with E-state index in [-0.39, 0.29) is 5.91 Å². The van der Waals surface area contributed by atoms with Crippen molar-refractivity contribution in [3.63, 3.8) is 0 Å². The third-order valence-corrected chi connectivity index (χ3v) is 3.31. The van der Waals surface area contributed by atoms with Gasteiger partial charge in [-0.25, -0.2) is 5.06 Å². The normalized spacial score (nSPS) is 26.1. The van der Waals surface area contributed by atoms with E-state index in [2.05, 4.69) is 0 Å². The molecule has 17 heavy (non-hydrogen) atoms. The molecule has 0 unspecified atom stereocenters. The van der Waals surface area contributed by atoms with Crippen LogP contribution in [-0.4, -0.2) is 70.4 Å². The van der Waals surface area contributed by atoms with Crippen molar-refractivity contribution in [3.8, 4) is 0 Å². The molecule has 1 aliphatic heterocycles. The van der Waals surface area contributed by atoms with Crippen LogP contribution >= 0.6 is 0 Å². The van der Waals surface area contributed by atoms with Gasteiger partial charge in [0, 0.05) is 20.0 Å². The first-order valence-corrected chi connectivity index (χ1v) is 6.96. The van der Waals surface area contributed by atoms with Gasteiger partial charge in [0.15, 0.2) is 0 Å². The summed E-state index contributed by atoms with van der Waals surface area (Å²) in [5.41, 5.74) is 0. The summed E-state index contributed by atoms with van der Waals surface area (Å²) in [6.07, 6.45) is 0.869. The van der Waals surface area contributed by atoms with E-state index in [4.69, 9.17) is 9.02 Å². The van der Waals surface area contributed by atoms with E-state index in [1.807, 2.05) is 0 Å². The lowest BCUT2D eigenvalue weighted by Crippen LogP contribution is -2.41. The van der Waals surface area contributed by atoms with Gasteiger partial charge >= 0.3 is 0 Å². The van der Waals surface area contributed by atoms with Gasteiger partial charge in [-0.05, 0) is 7.05 Å². The topological polar surface area (TPSA) is 76.1 Å². The van der Waals surface area contributed by atoms with Crippen molar-refractivity contribution in [2.45, 2.75) is 18.6 Å². The predicted molar refractivity (Wildman–Crippen MR) is 60.5 cm³/mol. The van der Waals surface area contributed by atoms with E-state index >= 15 is 0 Å². The average Bonchev–Trinajstić information content (AvgIpc) is 2.54. The lowest BCUT2D eigenvalue weighted by Gasteiger charge is -2.22. The highest BCUT2D eigenvalue weighted by atomic mass is 32.2. The molecule has 1 rings (SSSR count). The van der Waals surface area contributed by atoms with Crippen LogP contribution < -0.4 is 0 Å². The van der Waals surface area contributed by atoms with Crippen LogP contribution in [0.25, 0.3) is 0 Å². The van der Waals surface area contributed by atoms with Gasteiger partial charge in [0.05, 0.1) is 25.5 Å². The van der Waals surface area contributed by atoms with Crippen LogP contribution in [-0.2, 0) is 23.9 Å². The molecule has 0 spiro atoms. The lowest BCUT2D eigenvalue weighted by atomic mass is 10.2. The fourth-order valence-electron chi connectivity index (χ4n) is 1.86. The highest BCUT2D eigenvalue weighted by molar-refractivity contribution is 7.86. The smallest absolute Gasteiger partial charge is 0.264 e. The Bertz CT molecular complexity index is 383. The van der Waals surface area contributed by atoms with Crippen LogP contribution in [0.4, 0.5) is 0 Å². The molecule has 1 aliphatic rings. The second-order valence-corrected chi connectivity index (χ2v) is 5.73. The Morgan fingerprint density at radius 1 is 1.47 bits per heavy atom. The van der Waals surface area contributed by atoms with Gasteiger partial charge in [-0.1, -0.05) is 0 Å². The van der Waals surface area contributed by atoms with Gasteiger partial charge < -0.3 is 0 Å². The largest absolute Gasteiger partial charge is 0.292 e. The Kier molecular flexibility index (Phi) is 4.48. The number of hydrogen-bond donors (Lipinski definition) is 0. The van der Waals surface area contributed by atoms with Crippen LogP contribution in [0.2, 0.25) is 0 Å². The molecule has 8 heteroatoms. The molecular weight excluding hydrogens is 248 g/mol. The molecule has 7 nitrogen and oxygen atoms in total. The number of nitrogens with zero attached hydrogens (tertiary/aromatic N) is 2. The van der Waals surface area contributed by atoms with Gasteiger partial charge in [-0.3, -0.25) is 18.7 Å². The van der Waals surface area contributed by atoms with Crippen molar-refractivity contribution < 1.29 is 22.2 Å². The number of rotatable bonds is 4. The van der Waals surface area contributed by atoms with Gasteiger partial charge in [-0.2, -0.15) is 8.42 Å². The summed E-state index contributed by atoms with van der Waals surface area (Å²) in [6, 6.07) is -0.410. The fraction of sp³-hybridized carbons (Fsp3) is 0.889. The summed E-state index contributed by atoms with van der Waals surface area (Å²) in [7, 11) is 1.17. The predicted octanol–water partition coefficient (Wildman–Crippen LogP) is -0.945. The average molecular weight is 266 g/mol. The number of likely N-dealkylation sites (tertiary alicyclic amines) is 1. The molecule has 0 N–H and O–H groups in total. The maximum Gasteiger partial charge on any atom is 0.264 e. The van der Waals surface area contributed by atoms with Crippen LogP contribution in [0.5, 0.6) is 0 Å². The molecule has 0 aromatic rings. The van der Waals surface area contributed by atoms with Crippen LogP contribution in [0.15, 0.2) is 0 Å². The zero-order valence-electron chi connectivity index (χ0n) is 10.4. The van der Waals surface area contributed by atoms with E-state index in [0.29, 0.717) is 13.0 Å². The third-order valence-electron chi connectivity index (χ3n) is 2.69. The number of carbonyl (C=O) groups excluding carboxylic acids is 1. The van der Waals surface area contributed by atoms with Crippen LogP contribution in [0.3, 0.4) is 0 Å². The highest BCUT2D eigenvalue weighted by Crippen LogP contribution is 2.21. The number of hydrogen-bond acceptors (Lipinski definition) is 6. The maximum absolute atomic E-state index is 11.9. The third kappa shape index (κ3) is 3.91. The number of carbonyl (C=O) groups is 1. The second kappa shape index (κ2) is 5.30. The van der Waals surface area contributed by atoms with Crippen molar-refractivity contribution >= 4 is 16.0 Å². The number of amides is 1. The summed E-state index contributed by atoms with van der Waals surface area (Å²) in [5, 5.41) is 1.13. The van der Waals surface area contributed by atoms with Gasteiger partial charge in [-0.15, -0.1) is 0 Å². The first-order valence-electron chi connectivity index (χ1n) is 5.14. The van der Waals surface area contributed by atoms with Gasteiger partial charge in [0.1, 0.15) is 0 Å². The van der Waals surface area contributed by atoms with Crippen molar-refractivity contribution in [1.82, 2.24) is 9.96 Å². The Morgan fingerprint density at radius 3 is 2.53 bits per heavy atom. The van der Waals surface area contributed by atoms with E-state index < -0.39 is 22.3 Å². The fourth-order valence-corrected chi connectivity index (χ4v) is 2.49. The summed E-state index contributed by atoms with van der Waals surface area (Å²) in [6.45, 7) is 0.404. The molecule has 1 fully saturated rings. The van der Waals surface area contributed by atoms with Crippen LogP contribution in [0, 0.1) is 0 Å². The molecule has 0 aliphatic carbocycles. The SMILES string of the molecule is CON(C)C(=O)[C@@H]1C[C@@H](OS(C)(=O)=O)CN1C. The van der Waals surface area contributed by atoms with Crippen LogP contribution in [0.1, 0.15) is 6.42 Å². The minimum Gasteiger partial charge on any atom is -0.292 e. The zero-order chi connectivity index (χ0) is 13.2. The molecule has 1 amide bonds. The van der Waals surface area contributed by atoms with E-state index in [9.17, 15) is 13.2 Å². The van der Waals surface area contributed by atoms with Gasteiger partial charge in [0.2, 0.25) is 0 Å². The lowest BCUT2D eigenvalue weighted by molar-refractivity contribution is -0.173. The maximum atomic E-state index is 11.9. The summed E-state index contributed by atoms with van der Waals surface area (Å²) in [5.74, 6) is -0.213. The quantitative estimate of drug-likeness (QED) is 0.482. The van der Waals surface area contributed by atoms with Crippen molar-refractivity contribution in [2.24, 2.45) is 0 Å². The Morgan fingerprint density at radius 2 is 2.06 bits per heavy atom. The van der Waals surface area contributed by atoms with Crippen molar-refractivity contribution in [1.29, 1.82) is 0 Å². The Labute approximate surface area is 101 Å². The first kappa shape index (κ1) is 14.4. The molecule has 0 saturated carbocycles. The van der Waals surface area contributed by atoms with E-state index in [1.54, 1.807) is 11.9 Å². The molecule has 0 aromatic carbocycles. The standard InChI is InChI=1S/C9H18N2O5S/c1-10-6-7(16-17(4,13)14)5-8(10)9(12)11(2)15-3/h7-8H,5-6H2,1-4H3/t7-,8+/m1/s1. The Hall–Kier alpha value is -0.700. The minimum absolute atomic E-state index is 0.213. The monoisotopic (exact) mass is 266 g/mol. The molecule has 100 valence electrons. The van der Waals surface area contributed by atoms with Gasteiger partial charge in [0.25, 0.3) is 16.0 Å². The summed E-state index contributed by atoms with van der Waals surface area (Å²) < 4.78 is 26.9. The molecule has 0 bridgehead atoms. The summed E-state index contributed by atoms with van der Waals surface area (Å²) >= 11 is 0. The number of hydroxylamine groups is 2. The molecule has 1 saturated heterocycles. The Balaban J connectivity index is 2.64. The molecule has 1 heterocycles. The minimum atomic E-state index is -3.49. The molecule has 0 radical (unpaired) electrons.